The van der Waals surface area contributed by atoms with Gasteiger partial charge in [-0.2, -0.15) is 0 Å². The molecule has 0 unspecified atom stereocenters. The molecule has 1 aromatic rings. The third-order valence-electron chi connectivity index (χ3n) is 4.04. The average Bonchev–Trinajstić information content (AvgIpc) is 2.70. The lowest BCUT2D eigenvalue weighted by Crippen LogP contribution is -2.54. The number of nitrogens with zero attached hydrogens (tertiary/aromatic N) is 1. The van der Waals surface area contributed by atoms with E-state index in [-0.39, 0.29) is 11.7 Å². The van der Waals surface area contributed by atoms with Crippen LogP contribution in [-0.2, 0) is 11.3 Å². The summed E-state index contributed by atoms with van der Waals surface area (Å²) in [5.74, 6) is -0.458. The van der Waals surface area contributed by atoms with Crippen LogP contribution in [-0.4, -0.2) is 35.5 Å². The Bertz CT molecular complexity index is 536. The molecule has 20 heavy (non-hydrogen) atoms. The predicted molar refractivity (Wildman–Crippen MR) is 70.3 cm³/mol. The van der Waals surface area contributed by atoms with Gasteiger partial charge in [0, 0.05) is 19.6 Å². The number of carbonyl (C=O) groups is 2. The Hall–Kier alpha value is -1.95. The summed E-state index contributed by atoms with van der Waals surface area (Å²) in [6.07, 6.45) is 1.21. The maximum Gasteiger partial charge on any atom is 0.322 e. The van der Waals surface area contributed by atoms with Crippen LogP contribution in [0.3, 0.4) is 0 Å². The molecule has 2 heterocycles. The van der Waals surface area contributed by atoms with Crippen molar-refractivity contribution in [2.45, 2.75) is 24.9 Å². The highest BCUT2D eigenvalue weighted by Gasteiger charge is 2.47. The smallest absolute Gasteiger partial charge is 0.322 e. The third kappa shape index (κ3) is 2.38. The number of halogens is 1. The number of urea groups is 1. The number of hydrogen-bond donors (Lipinski definition) is 2. The van der Waals surface area contributed by atoms with Crippen molar-refractivity contribution in [2.75, 3.05) is 13.1 Å². The zero-order valence-corrected chi connectivity index (χ0v) is 11.0. The average molecular weight is 277 g/mol. The minimum Gasteiger partial charge on any atom is -0.323 e. The number of nitrogens with one attached hydrogen (secondary N) is 2. The summed E-state index contributed by atoms with van der Waals surface area (Å²) >= 11 is 0. The highest BCUT2D eigenvalue weighted by Crippen LogP contribution is 2.26. The Morgan fingerprint density at radius 3 is 2.35 bits per heavy atom. The van der Waals surface area contributed by atoms with Crippen molar-refractivity contribution in [3.8, 4) is 0 Å². The number of hydrogen-bond acceptors (Lipinski definition) is 3. The first-order valence-electron chi connectivity index (χ1n) is 6.68. The summed E-state index contributed by atoms with van der Waals surface area (Å²) in [5.41, 5.74) is 0.318. The van der Waals surface area contributed by atoms with Crippen LogP contribution in [0.1, 0.15) is 18.4 Å². The van der Waals surface area contributed by atoms with E-state index >= 15 is 0 Å². The number of carbonyl (C=O) groups excluding carboxylic acids is 2. The number of benzene rings is 1. The van der Waals surface area contributed by atoms with Gasteiger partial charge in [-0.1, -0.05) is 12.1 Å². The summed E-state index contributed by atoms with van der Waals surface area (Å²) in [6.45, 7) is 2.18. The molecule has 2 N–H and O–H groups in total. The molecular formula is C14H16FN3O2. The van der Waals surface area contributed by atoms with Crippen molar-refractivity contribution in [1.82, 2.24) is 15.5 Å². The second kappa shape index (κ2) is 4.86. The van der Waals surface area contributed by atoms with Crippen LogP contribution in [0.2, 0.25) is 0 Å². The molecular weight excluding hydrogens is 261 g/mol. The van der Waals surface area contributed by atoms with Crippen LogP contribution in [0.5, 0.6) is 0 Å². The zero-order valence-electron chi connectivity index (χ0n) is 11.0. The summed E-state index contributed by atoms with van der Waals surface area (Å²) in [5, 5.41) is 5.03. The van der Waals surface area contributed by atoms with E-state index in [1.807, 2.05) is 0 Å². The fourth-order valence-corrected chi connectivity index (χ4v) is 2.82. The molecule has 0 radical (unpaired) electrons. The van der Waals surface area contributed by atoms with E-state index in [0.29, 0.717) is 12.8 Å². The van der Waals surface area contributed by atoms with Crippen LogP contribution in [0.4, 0.5) is 9.18 Å². The van der Waals surface area contributed by atoms with E-state index < -0.39 is 11.6 Å². The number of piperidine rings is 1. The van der Waals surface area contributed by atoms with E-state index in [1.165, 1.54) is 12.1 Å². The lowest BCUT2D eigenvalue weighted by Gasteiger charge is -2.36. The van der Waals surface area contributed by atoms with E-state index in [4.69, 9.17) is 0 Å². The monoisotopic (exact) mass is 277 g/mol. The Kier molecular flexibility index (Phi) is 3.17. The second-order valence-electron chi connectivity index (χ2n) is 5.39. The molecule has 3 amide bonds. The molecule has 2 saturated heterocycles. The molecule has 2 fully saturated rings. The molecule has 106 valence electrons. The maximum atomic E-state index is 12.8. The SMILES string of the molecule is O=C1NC(=O)C2(CCN(Cc3ccc(F)cc3)CC2)N1. The van der Waals surface area contributed by atoms with Crippen LogP contribution in [0, 0.1) is 5.82 Å². The van der Waals surface area contributed by atoms with Gasteiger partial charge >= 0.3 is 6.03 Å². The van der Waals surface area contributed by atoms with Crippen molar-refractivity contribution in [3.05, 3.63) is 35.6 Å². The fourth-order valence-electron chi connectivity index (χ4n) is 2.82. The largest absolute Gasteiger partial charge is 0.323 e. The first-order chi connectivity index (χ1) is 9.57. The highest BCUT2D eigenvalue weighted by molar-refractivity contribution is 6.07. The van der Waals surface area contributed by atoms with Crippen LogP contribution in [0.15, 0.2) is 24.3 Å². The van der Waals surface area contributed by atoms with Gasteiger partial charge in [0.05, 0.1) is 0 Å². The van der Waals surface area contributed by atoms with E-state index in [2.05, 4.69) is 15.5 Å². The minimum atomic E-state index is -0.726. The lowest BCUT2D eigenvalue weighted by atomic mass is 9.87. The van der Waals surface area contributed by atoms with E-state index in [0.717, 1.165) is 25.2 Å². The van der Waals surface area contributed by atoms with E-state index in [9.17, 15) is 14.0 Å². The second-order valence-corrected chi connectivity index (χ2v) is 5.39. The van der Waals surface area contributed by atoms with Crippen molar-refractivity contribution >= 4 is 11.9 Å². The van der Waals surface area contributed by atoms with Gasteiger partial charge in [0.2, 0.25) is 0 Å². The molecule has 2 aliphatic heterocycles. The fraction of sp³-hybridized carbons (Fsp3) is 0.429. The molecule has 0 aromatic heterocycles. The van der Waals surface area contributed by atoms with Gasteiger partial charge in [-0.3, -0.25) is 15.0 Å². The molecule has 2 aliphatic rings. The van der Waals surface area contributed by atoms with Gasteiger partial charge in [0.25, 0.3) is 5.91 Å². The Morgan fingerprint density at radius 1 is 1.15 bits per heavy atom. The molecule has 1 spiro atoms. The Morgan fingerprint density at radius 2 is 1.80 bits per heavy atom. The van der Waals surface area contributed by atoms with Gasteiger partial charge in [-0.25, -0.2) is 9.18 Å². The first-order valence-corrected chi connectivity index (χ1v) is 6.68. The summed E-state index contributed by atoms with van der Waals surface area (Å²) < 4.78 is 12.8. The van der Waals surface area contributed by atoms with Crippen LogP contribution < -0.4 is 10.6 Å². The highest BCUT2D eigenvalue weighted by atomic mass is 19.1. The van der Waals surface area contributed by atoms with Crippen molar-refractivity contribution in [2.24, 2.45) is 0 Å². The number of likely N-dealkylation sites (tertiary alicyclic amines) is 1. The number of imide groups is 1. The quantitative estimate of drug-likeness (QED) is 0.793. The molecule has 0 saturated carbocycles. The van der Waals surface area contributed by atoms with E-state index in [1.54, 1.807) is 12.1 Å². The molecule has 0 bridgehead atoms. The summed E-state index contributed by atoms with van der Waals surface area (Å²) in [6, 6.07) is 6.03. The van der Waals surface area contributed by atoms with Gasteiger partial charge in [0.1, 0.15) is 11.4 Å². The predicted octanol–water partition coefficient (Wildman–Crippen LogP) is 1.000. The minimum absolute atomic E-state index is 0.219. The van der Waals surface area contributed by atoms with Crippen LogP contribution in [0.25, 0.3) is 0 Å². The van der Waals surface area contributed by atoms with Crippen LogP contribution >= 0.6 is 0 Å². The Labute approximate surface area is 116 Å². The Balaban J connectivity index is 1.60. The van der Waals surface area contributed by atoms with Crippen molar-refractivity contribution in [1.29, 1.82) is 0 Å². The van der Waals surface area contributed by atoms with Gasteiger partial charge in [-0.15, -0.1) is 0 Å². The molecule has 1 aromatic carbocycles. The first kappa shape index (κ1) is 13.1. The standard InChI is InChI=1S/C14H16FN3O2/c15-11-3-1-10(2-4-11)9-18-7-5-14(6-8-18)12(19)16-13(20)17-14/h1-4H,5-9H2,(H2,16,17,19,20). The zero-order chi connectivity index (χ0) is 14.2. The van der Waals surface area contributed by atoms with Crippen molar-refractivity contribution < 1.29 is 14.0 Å². The summed E-state index contributed by atoms with van der Waals surface area (Å²) in [4.78, 5) is 25.3. The maximum absolute atomic E-state index is 12.8. The molecule has 0 atom stereocenters. The molecule has 5 nitrogen and oxygen atoms in total. The normalized spacial score (nSPS) is 21.9. The number of rotatable bonds is 2. The van der Waals surface area contributed by atoms with Gasteiger partial charge < -0.3 is 5.32 Å². The third-order valence-corrected chi connectivity index (χ3v) is 4.04. The van der Waals surface area contributed by atoms with Gasteiger partial charge in [-0.05, 0) is 30.5 Å². The van der Waals surface area contributed by atoms with Crippen molar-refractivity contribution in [3.63, 3.8) is 0 Å². The number of amides is 3. The summed E-state index contributed by atoms with van der Waals surface area (Å²) in [7, 11) is 0. The topological polar surface area (TPSA) is 61.4 Å². The van der Waals surface area contributed by atoms with Gasteiger partial charge in [0.15, 0.2) is 0 Å². The molecule has 0 aliphatic carbocycles. The molecule has 3 rings (SSSR count). The molecule has 6 heteroatoms. The lowest BCUT2D eigenvalue weighted by molar-refractivity contribution is -0.125.